The molecule has 2 heterocycles. The van der Waals surface area contributed by atoms with Gasteiger partial charge in [-0.25, -0.2) is 4.68 Å². The highest BCUT2D eigenvalue weighted by molar-refractivity contribution is 6.03. The van der Waals surface area contributed by atoms with Crippen molar-refractivity contribution < 1.29 is 14.6 Å². The molecule has 1 N–H and O–H groups in total. The van der Waals surface area contributed by atoms with Gasteiger partial charge in [0.15, 0.2) is 5.69 Å². The number of benzene rings is 1. The maximum atomic E-state index is 12.4. The first-order valence-corrected chi connectivity index (χ1v) is 8.45. The minimum atomic E-state index is -0.735. The Balaban J connectivity index is 1.82. The first-order chi connectivity index (χ1) is 13.7. The van der Waals surface area contributed by atoms with Gasteiger partial charge in [0.1, 0.15) is 12.2 Å². The fourth-order valence-electron chi connectivity index (χ4n) is 2.85. The Kier molecular flexibility index (Phi) is 5.08. The lowest BCUT2D eigenvalue weighted by Gasteiger charge is -2.06. The van der Waals surface area contributed by atoms with Crippen LogP contribution in [0.1, 0.15) is 27.4 Å². The van der Waals surface area contributed by atoms with E-state index in [0.29, 0.717) is 6.67 Å². The fourth-order valence-corrected chi connectivity index (χ4v) is 2.85. The summed E-state index contributed by atoms with van der Waals surface area (Å²) in [6.07, 6.45) is 1.59. The first-order valence-electron chi connectivity index (χ1n) is 8.45. The Labute approximate surface area is 164 Å². The zero-order valence-electron chi connectivity index (χ0n) is 15.8. The zero-order valence-corrected chi connectivity index (χ0v) is 15.8. The quantitative estimate of drug-likeness (QED) is 0.494. The molecule has 0 bridgehead atoms. The second-order valence-corrected chi connectivity index (χ2v) is 6.42. The predicted octanol–water partition coefficient (Wildman–Crippen LogP) is 2.58. The monoisotopic (exact) mass is 399 g/mol. The number of aryl methyl sites for hydroxylation is 2. The molecular formula is C17H17N7O5. The number of carbonyl (C=O) groups excluding carboxylic acids is 1. The minimum Gasteiger partial charge on any atom is -0.320 e. The number of amides is 1. The number of hydrogen-bond acceptors (Lipinski definition) is 7. The van der Waals surface area contributed by atoms with Crippen LogP contribution in [0.4, 0.5) is 17.1 Å². The summed E-state index contributed by atoms with van der Waals surface area (Å²) in [5.41, 5.74) is 0.782. The van der Waals surface area contributed by atoms with E-state index in [1.807, 2.05) is 19.9 Å². The molecular weight excluding hydrogens is 382 g/mol. The predicted molar refractivity (Wildman–Crippen MR) is 102 cm³/mol. The van der Waals surface area contributed by atoms with Gasteiger partial charge in [-0.1, -0.05) is 0 Å². The molecule has 0 aliphatic heterocycles. The molecule has 0 saturated heterocycles. The molecule has 0 spiro atoms. The van der Waals surface area contributed by atoms with E-state index < -0.39 is 27.1 Å². The van der Waals surface area contributed by atoms with Crippen LogP contribution in [0.3, 0.4) is 0 Å². The summed E-state index contributed by atoms with van der Waals surface area (Å²) in [7, 11) is 0. The summed E-state index contributed by atoms with van der Waals surface area (Å²) >= 11 is 0. The van der Waals surface area contributed by atoms with Gasteiger partial charge in [0.05, 0.1) is 21.2 Å². The van der Waals surface area contributed by atoms with Crippen molar-refractivity contribution >= 4 is 23.0 Å². The molecule has 0 fully saturated rings. The van der Waals surface area contributed by atoms with E-state index in [-0.39, 0.29) is 16.9 Å². The van der Waals surface area contributed by atoms with Crippen molar-refractivity contribution in [2.75, 3.05) is 5.32 Å². The highest BCUT2D eigenvalue weighted by Gasteiger charge is 2.24. The third kappa shape index (κ3) is 4.10. The van der Waals surface area contributed by atoms with Crippen molar-refractivity contribution in [1.82, 2.24) is 19.6 Å². The van der Waals surface area contributed by atoms with Gasteiger partial charge in [-0.05, 0) is 32.9 Å². The normalized spacial score (nSPS) is 10.7. The van der Waals surface area contributed by atoms with Crippen LogP contribution in [0.15, 0.2) is 30.5 Å². The second-order valence-electron chi connectivity index (χ2n) is 6.42. The third-order valence-corrected chi connectivity index (χ3v) is 4.26. The minimum absolute atomic E-state index is 0.0532. The SMILES string of the molecule is Cc1cc(C)n(Cn2ccc(C(=O)Nc3cc([N+](=O)[O-])c(C)c([N+](=O)[O-])c3)n2)n1. The molecule has 12 heteroatoms. The Morgan fingerprint density at radius 2 is 1.69 bits per heavy atom. The largest absolute Gasteiger partial charge is 0.320 e. The van der Waals surface area contributed by atoms with Gasteiger partial charge >= 0.3 is 0 Å². The van der Waals surface area contributed by atoms with E-state index in [9.17, 15) is 25.0 Å². The summed E-state index contributed by atoms with van der Waals surface area (Å²) in [6.45, 7) is 5.34. The summed E-state index contributed by atoms with van der Waals surface area (Å²) in [5.74, 6) is -0.649. The van der Waals surface area contributed by atoms with Crippen molar-refractivity contribution in [3.05, 3.63) is 73.3 Å². The van der Waals surface area contributed by atoms with Gasteiger partial charge in [0.25, 0.3) is 17.3 Å². The summed E-state index contributed by atoms with van der Waals surface area (Å²) in [5, 5.41) is 33.2. The molecule has 150 valence electrons. The lowest BCUT2D eigenvalue weighted by molar-refractivity contribution is -0.395. The molecule has 12 nitrogen and oxygen atoms in total. The van der Waals surface area contributed by atoms with E-state index in [4.69, 9.17) is 0 Å². The van der Waals surface area contributed by atoms with E-state index in [1.54, 1.807) is 10.9 Å². The second kappa shape index (κ2) is 7.50. The highest BCUT2D eigenvalue weighted by Crippen LogP contribution is 2.31. The summed E-state index contributed by atoms with van der Waals surface area (Å²) in [4.78, 5) is 33.3. The Morgan fingerprint density at radius 1 is 1.07 bits per heavy atom. The van der Waals surface area contributed by atoms with Gasteiger partial charge in [-0.3, -0.25) is 29.7 Å². The molecule has 0 atom stereocenters. The number of nitro benzene ring substituents is 2. The standard InChI is InChI=1S/C17H17N7O5/c1-10-6-11(2)22(19-10)9-21-5-4-14(20-21)17(25)18-13-7-15(23(26)27)12(3)16(8-13)24(28)29/h4-8H,9H2,1-3H3,(H,18,25). The molecule has 1 aromatic carbocycles. The Bertz CT molecular complexity index is 1100. The molecule has 0 saturated carbocycles. The number of nitrogens with one attached hydrogen (secondary N) is 1. The Morgan fingerprint density at radius 3 is 2.21 bits per heavy atom. The van der Waals surface area contributed by atoms with Crippen molar-refractivity contribution in [1.29, 1.82) is 0 Å². The molecule has 29 heavy (non-hydrogen) atoms. The molecule has 3 rings (SSSR count). The zero-order chi connectivity index (χ0) is 21.3. The highest BCUT2D eigenvalue weighted by atomic mass is 16.6. The lowest BCUT2D eigenvalue weighted by atomic mass is 10.1. The van der Waals surface area contributed by atoms with Gasteiger partial charge in [0, 0.05) is 24.0 Å². The van der Waals surface area contributed by atoms with E-state index in [1.165, 1.54) is 17.7 Å². The maximum absolute atomic E-state index is 12.4. The Hall–Kier alpha value is -4.09. The molecule has 0 aliphatic rings. The van der Waals surface area contributed by atoms with Crippen LogP contribution in [0.2, 0.25) is 0 Å². The topological polar surface area (TPSA) is 151 Å². The van der Waals surface area contributed by atoms with Crippen molar-refractivity contribution in [2.45, 2.75) is 27.4 Å². The summed E-state index contributed by atoms with van der Waals surface area (Å²) in [6, 6.07) is 5.53. The smallest absolute Gasteiger partial charge is 0.281 e. The number of carbonyl (C=O) groups is 1. The van der Waals surface area contributed by atoms with Gasteiger partial charge in [-0.15, -0.1) is 0 Å². The van der Waals surface area contributed by atoms with Crippen LogP contribution in [0.25, 0.3) is 0 Å². The van der Waals surface area contributed by atoms with Crippen molar-refractivity contribution in [2.24, 2.45) is 0 Å². The van der Waals surface area contributed by atoms with E-state index in [0.717, 1.165) is 23.5 Å². The van der Waals surface area contributed by atoms with Crippen LogP contribution >= 0.6 is 0 Å². The average Bonchev–Trinajstić information content (AvgIpc) is 3.22. The van der Waals surface area contributed by atoms with Gasteiger partial charge in [0.2, 0.25) is 0 Å². The number of nitro groups is 2. The number of nitrogens with zero attached hydrogens (tertiary/aromatic N) is 6. The van der Waals surface area contributed by atoms with Gasteiger partial charge < -0.3 is 5.32 Å². The van der Waals surface area contributed by atoms with Crippen LogP contribution in [-0.4, -0.2) is 35.3 Å². The lowest BCUT2D eigenvalue weighted by Crippen LogP contribution is -2.16. The summed E-state index contributed by atoms with van der Waals surface area (Å²) < 4.78 is 3.23. The van der Waals surface area contributed by atoms with E-state index in [2.05, 4.69) is 15.5 Å². The molecule has 0 aliphatic carbocycles. The van der Waals surface area contributed by atoms with Crippen LogP contribution in [-0.2, 0) is 6.67 Å². The number of hydrogen-bond donors (Lipinski definition) is 1. The number of rotatable bonds is 6. The van der Waals surface area contributed by atoms with Crippen molar-refractivity contribution in [3.8, 4) is 0 Å². The van der Waals surface area contributed by atoms with Crippen LogP contribution < -0.4 is 5.32 Å². The first kappa shape index (κ1) is 19.7. The average molecular weight is 399 g/mol. The molecule has 0 unspecified atom stereocenters. The molecule has 1 amide bonds. The van der Waals surface area contributed by atoms with Gasteiger partial charge in [-0.2, -0.15) is 10.2 Å². The molecule has 3 aromatic rings. The number of anilines is 1. The molecule has 0 radical (unpaired) electrons. The molecule has 2 aromatic heterocycles. The maximum Gasteiger partial charge on any atom is 0.281 e. The number of aromatic nitrogens is 4. The van der Waals surface area contributed by atoms with E-state index >= 15 is 0 Å². The third-order valence-electron chi connectivity index (χ3n) is 4.26. The fraction of sp³-hybridized carbons (Fsp3) is 0.235. The van der Waals surface area contributed by atoms with Crippen LogP contribution in [0.5, 0.6) is 0 Å². The van der Waals surface area contributed by atoms with Crippen LogP contribution in [0, 0.1) is 41.0 Å². The van der Waals surface area contributed by atoms with Crippen molar-refractivity contribution in [3.63, 3.8) is 0 Å².